The quantitative estimate of drug-likeness (QED) is 0.774. The van der Waals surface area contributed by atoms with E-state index in [0.29, 0.717) is 18.8 Å². The standard InChI is InChI=1S/C13H13ClN4O3/c14-9-5-8(13(20)21)1-2-10(9)17-12(19)11-6-18(4-3-15)7-16-11/h1-2,5-7H,3-4,15H2,(H,17,19)(H,20,21). The van der Waals surface area contributed by atoms with Gasteiger partial charge in [0.05, 0.1) is 22.6 Å². The summed E-state index contributed by atoms with van der Waals surface area (Å²) in [6.45, 7) is 1.01. The molecule has 110 valence electrons. The second-order valence-corrected chi connectivity index (χ2v) is 4.65. The van der Waals surface area contributed by atoms with Crippen LogP contribution >= 0.6 is 11.6 Å². The molecule has 4 N–H and O–H groups in total. The lowest BCUT2D eigenvalue weighted by atomic mass is 10.2. The summed E-state index contributed by atoms with van der Waals surface area (Å²) in [7, 11) is 0. The number of rotatable bonds is 5. The lowest BCUT2D eigenvalue weighted by Gasteiger charge is -2.06. The van der Waals surface area contributed by atoms with Gasteiger partial charge in [0.25, 0.3) is 5.91 Å². The maximum atomic E-state index is 12.0. The first-order valence-corrected chi connectivity index (χ1v) is 6.45. The zero-order chi connectivity index (χ0) is 15.4. The SMILES string of the molecule is NCCn1cnc(C(=O)Nc2ccc(C(=O)O)cc2Cl)c1. The minimum atomic E-state index is -1.09. The first kappa shape index (κ1) is 15.0. The number of nitrogens with zero attached hydrogens (tertiary/aromatic N) is 2. The number of imidazole rings is 1. The van der Waals surface area contributed by atoms with E-state index in [4.69, 9.17) is 22.4 Å². The van der Waals surface area contributed by atoms with E-state index in [1.165, 1.54) is 24.5 Å². The molecule has 0 saturated heterocycles. The number of benzene rings is 1. The number of carbonyl (C=O) groups is 2. The lowest BCUT2D eigenvalue weighted by Crippen LogP contribution is -2.13. The molecule has 1 heterocycles. The molecule has 1 aromatic heterocycles. The van der Waals surface area contributed by atoms with E-state index in [2.05, 4.69) is 10.3 Å². The monoisotopic (exact) mass is 308 g/mol. The van der Waals surface area contributed by atoms with Crippen LogP contribution in [0.25, 0.3) is 0 Å². The molecule has 2 rings (SSSR count). The van der Waals surface area contributed by atoms with Crippen molar-refractivity contribution in [2.24, 2.45) is 5.73 Å². The van der Waals surface area contributed by atoms with Crippen molar-refractivity contribution in [1.82, 2.24) is 9.55 Å². The molecule has 0 radical (unpaired) electrons. The Morgan fingerprint density at radius 3 is 2.81 bits per heavy atom. The van der Waals surface area contributed by atoms with Crippen molar-refractivity contribution in [3.63, 3.8) is 0 Å². The number of aromatic nitrogens is 2. The Morgan fingerprint density at radius 1 is 1.43 bits per heavy atom. The Hall–Kier alpha value is -2.38. The lowest BCUT2D eigenvalue weighted by molar-refractivity contribution is 0.0696. The predicted octanol–water partition coefficient (Wildman–Crippen LogP) is 1.45. The first-order chi connectivity index (χ1) is 10.0. The van der Waals surface area contributed by atoms with Crippen molar-refractivity contribution in [2.75, 3.05) is 11.9 Å². The number of nitrogens with two attached hydrogens (primary N) is 1. The molecule has 0 fully saturated rings. The van der Waals surface area contributed by atoms with Gasteiger partial charge in [-0.05, 0) is 18.2 Å². The average molecular weight is 309 g/mol. The Balaban J connectivity index is 2.13. The third kappa shape index (κ3) is 3.59. The van der Waals surface area contributed by atoms with E-state index in [-0.39, 0.29) is 16.3 Å². The Bertz CT molecular complexity index is 684. The van der Waals surface area contributed by atoms with Gasteiger partial charge in [0, 0.05) is 19.3 Å². The van der Waals surface area contributed by atoms with Gasteiger partial charge in [-0.15, -0.1) is 0 Å². The number of carboxylic acids is 1. The van der Waals surface area contributed by atoms with Gasteiger partial charge in [-0.25, -0.2) is 9.78 Å². The number of carboxylic acid groups (broad SMARTS) is 1. The maximum absolute atomic E-state index is 12.0. The summed E-state index contributed by atoms with van der Waals surface area (Å²) in [4.78, 5) is 26.8. The second-order valence-electron chi connectivity index (χ2n) is 4.24. The summed E-state index contributed by atoms with van der Waals surface area (Å²) < 4.78 is 1.70. The van der Waals surface area contributed by atoms with Crippen molar-refractivity contribution >= 4 is 29.2 Å². The van der Waals surface area contributed by atoms with Gasteiger partial charge in [-0.1, -0.05) is 11.6 Å². The molecule has 0 bridgehead atoms. The van der Waals surface area contributed by atoms with Crippen molar-refractivity contribution in [1.29, 1.82) is 0 Å². The highest BCUT2D eigenvalue weighted by Gasteiger charge is 2.13. The van der Waals surface area contributed by atoms with Crippen LogP contribution in [0, 0.1) is 0 Å². The van der Waals surface area contributed by atoms with Crippen LogP contribution in [0.2, 0.25) is 5.02 Å². The van der Waals surface area contributed by atoms with E-state index in [1.807, 2.05) is 0 Å². The van der Waals surface area contributed by atoms with E-state index >= 15 is 0 Å². The number of aromatic carboxylic acids is 1. The van der Waals surface area contributed by atoms with Crippen LogP contribution in [-0.2, 0) is 6.54 Å². The van der Waals surface area contributed by atoms with E-state index < -0.39 is 11.9 Å². The highest BCUT2D eigenvalue weighted by atomic mass is 35.5. The minimum Gasteiger partial charge on any atom is -0.478 e. The van der Waals surface area contributed by atoms with E-state index in [9.17, 15) is 9.59 Å². The van der Waals surface area contributed by atoms with Crippen molar-refractivity contribution in [3.05, 3.63) is 47.0 Å². The number of hydrogen-bond donors (Lipinski definition) is 3. The molecule has 8 heteroatoms. The highest BCUT2D eigenvalue weighted by molar-refractivity contribution is 6.34. The molecule has 0 saturated carbocycles. The van der Waals surface area contributed by atoms with E-state index in [1.54, 1.807) is 10.8 Å². The number of amides is 1. The fourth-order valence-electron chi connectivity index (χ4n) is 1.68. The molecular weight excluding hydrogens is 296 g/mol. The average Bonchev–Trinajstić information content (AvgIpc) is 2.90. The minimum absolute atomic E-state index is 0.0465. The normalized spacial score (nSPS) is 10.4. The predicted molar refractivity (Wildman–Crippen MR) is 77.6 cm³/mol. The van der Waals surface area contributed by atoms with Gasteiger partial charge in [-0.2, -0.15) is 0 Å². The van der Waals surface area contributed by atoms with Crippen LogP contribution in [0.5, 0.6) is 0 Å². The van der Waals surface area contributed by atoms with Crippen LogP contribution < -0.4 is 11.1 Å². The summed E-state index contributed by atoms with van der Waals surface area (Å²) in [6.07, 6.45) is 3.08. The Labute approximate surface area is 125 Å². The fraction of sp³-hybridized carbons (Fsp3) is 0.154. The van der Waals surface area contributed by atoms with Crippen molar-refractivity contribution < 1.29 is 14.7 Å². The zero-order valence-corrected chi connectivity index (χ0v) is 11.7. The van der Waals surface area contributed by atoms with Crippen LogP contribution in [0.15, 0.2) is 30.7 Å². The largest absolute Gasteiger partial charge is 0.478 e. The molecule has 0 aliphatic heterocycles. The molecule has 0 aliphatic carbocycles. The number of nitrogens with one attached hydrogen (secondary N) is 1. The third-order valence-corrected chi connectivity index (χ3v) is 3.03. The summed E-state index contributed by atoms with van der Waals surface area (Å²) in [5, 5.41) is 11.6. The molecule has 1 aromatic carbocycles. The molecule has 0 unspecified atom stereocenters. The molecule has 0 aliphatic rings. The summed E-state index contributed by atoms with van der Waals surface area (Å²) in [5.41, 5.74) is 6.00. The molecular formula is C13H13ClN4O3. The summed E-state index contributed by atoms with van der Waals surface area (Å²) in [5.74, 6) is -1.52. The van der Waals surface area contributed by atoms with Crippen molar-refractivity contribution in [3.8, 4) is 0 Å². The smallest absolute Gasteiger partial charge is 0.335 e. The highest BCUT2D eigenvalue weighted by Crippen LogP contribution is 2.23. The maximum Gasteiger partial charge on any atom is 0.335 e. The third-order valence-electron chi connectivity index (χ3n) is 2.72. The van der Waals surface area contributed by atoms with Gasteiger partial charge < -0.3 is 20.7 Å². The van der Waals surface area contributed by atoms with Crippen LogP contribution in [0.3, 0.4) is 0 Å². The van der Waals surface area contributed by atoms with E-state index in [0.717, 1.165) is 0 Å². The Kier molecular flexibility index (Phi) is 4.56. The second kappa shape index (κ2) is 6.38. The number of hydrogen-bond acceptors (Lipinski definition) is 4. The molecule has 2 aromatic rings. The van der Waals surface area contributed by atoms with Gasteiger partial charge in [-0.3, -0.25) is 4.79 Å². The van der Waals surface area contributed by atoms with Crippen LogP contribution in [0.4, 0.5) is 5.69 Å². The topological polar surface area (TPSA) is 110 Å². The number of anilines is 1. The van der Waals surface area contributed by atoms with Crippen molar-refractivity contribution in [2.45, 2.75) is 6.54 Å². The summed E-state index contributed by atoms with van der Waals surface area (Å²) >= 11 is 5.94. The van der Waals surface area contributed by atoms with Gasteiger partial charge in [0.15, 0.2) is 0 Å². The molecule has 0 spiro atoms. The number of halogens is 1. The Morgan fingerprint density at radius 2 is 2.19 bits per heavy atom. The molecule has 1 amide bonds. The van der Waals surface area contributed by atoms with Gasteiger partial charge in [0.2, 0.25) is 0 Å². The van der Waals surface area contributed by atoms with Gasteiger partial charge >= 0.3 is 5.97 Å². The number of carbonyl (C=O) groups excluding carboxylic acids is 1. The fourth-order valence-corrected chi connectivity index (χ4v) is 1.91. The molecule has 21 heavy (non-hydrogen) atoms. The zero-order valence-electron chi connectivity index (χ0n) is 10.9. The first-order valence-electron chi connectivity index (χ1n) is 6.07. The molecule has 0 atom stereocenters. The molecule has 7 nitrogen and oxygen atoms in total. The van der Waals surface area contributed by atoms with Gasteiger partial charge in [0.1, 0.15) is 5.69 Å². The van der Waals surface area contributed by atoms with Crippen LogP contribution in [0.1, 0.15) is 20.8 Å². The summed E-state index contributed by atoms with van der Waals surface area (Å²) in [6, 6.07) is 4.06. The van der Waals surface area contributed by atoms with Crippen LogP contribution in [-0.4, -0.2) is 33.1 Å².